The predicted molar refractivity (Wildman–Crippen MR) is 340 cm³/mol. The molecule has 2 aliphatic rings. The van der Waals surface area contributed by atoms with Crippen LogP contribution >= 0.6 is 11.6 Å². The SMILES string of the molecule is CC(C)(C)[Si](C)(C)OC[C@H]1O[C@@H](n2ccc(Cl)nc2=O)[C@@H](O[Si](C)(C)C(C)(C)C)C1O[Si](C)(C)C(C)(C)C.CC(C)(C)[Si](C)(C)OC[C@H]1O[C@@H](n2ccc(N=C(N)N)nc2=O)[C@@H](O[Si](C)(C)C(C)(C)C)C1O[Si](C)(C)C(C)(C)C. The fourth-order valence-corrected chi connectivity index (χ4v) is 14.5. The van der Waals surface area contributed by atoms with Crippen molar-refractivity contribution < 1.29 is 36.0 Å². The molecule has 0 amide bonds. The maximum absolute atomic E-state index is 13.3. The van der Waals surface area contributed by atoms with Crippen LogP contribution in [0.25, 0.3) is 0 Å². The number of aromatic nitrogens is 4. The third-order valence-corrected chi connectivity index (χ3v) is 45.9. The van der Waals surface area contributed by atoms with Gasteiger partial charge in [-0.2, -0.15) is 15.0 Å². The van der Waals surface area contributed by atoms with Crippen molar-refractivity contribution in [2.24, 2.45) is 16.5 Å². The van der Waals surface area contributed by atoms with Crippen molar-refractivity contribution in [2.45, 2.75) is 283 Å². The molecule has 8 atom stereocenters. The van der Waals surface area contributed by atoms with Crippen molar-refractivity contribution in [3.05, 3.63) is 50.6 Å². The van der Waals surface area contributed by atoms with E-state index in [4.69, 9.17) is 59.1 Å². The molecule has 4 heterocycles. The highest BCUT2D eigenvalue weighted by Gasteiger charge is 2.57. The molecular weight excluding hydrogens is 1120 g/mol. The summed E-state index contributed by atoms with van der Waals surface area (Å²) in [6.45, 7) is 67.3. The van der Waals surface area contributed by atoms with Crippen molar-refractivity contribution in [1.29, 1.82) is 0 Å². The summed E-state index contributed by atoms with van der Waals surface area (Å²) in [4.78, 5) is 38.4. The molecule has 456 valence electrons. The topological polar surface area (TPSA) is 208 Å². The van der Waals surface area contributed by atoms with Crippen molar-refractivity contribution in [2.75, 3.05) is 13.2 Å². The van der Waals surface area contributed by atoms with Crippen LogP contribution in [0.4, 0.5) is 5.82 Å². The lowest BCUT2D eigenvalue weighted by atomic mass is 10.1. The van der Waals surface area contributed by atoms with Gasteiger partial charge in [-0.3, -0.25) is 9.13 Å². The first-order valence-electron chi connectivity index (χ1n) is 28.2. The molecule has 2 aromatic heterocycles. The lowest BCUT2D eigenvalue weighted by molar-refractivity contribution is -0.0509. The van der Waals surface area contributed by atoms with E-state index < -0.39 is 110 Å². The quantitative estimate of drug-likeness (QED) is 0.0654. The van der Waals surface area contributed by atoms with Gasteiger partial charge in [-0.25, -0.2) is 9.59 Å². The van der Waals surface area contributed by atoms with E-state index >= 15 is 0 Å². The molecule has 4 N–H and O–H groups in total. The molecule has 79 heavy (non-hydrogen) atoms. The molecule has 2 aliphatic heterocycles. The Morgan fingerprint density at radius 1 is 0.494 bits per heavy atom. The average molecular weight is 1230 g/mol. The largest absolute Gasteiger partial charge is 0.414 e. The van der Waals surface area contributed by atoms with Crippen LogP contribution < -0.4 is 22.8 Å². The van der Waals surface area contributed by atoms with Gasteiger partial charge in [0.25, 0.3) is 0 Å². The zero-order valence-corrected chi connectivity index (χ0v) is 61.4. The molecule has 0 spiro atoms. The van der Waals surface area contributed by atoms with Gasteiger partial charge in [0.05, 0.1) is 13.2 Å². The normalized spacial score (nSPS) is 23.6. The Morgan fingerprint density at radius 2 is 0.772 bits per heavy atom. The van der Waals surface area contributed by atoms with E-state index in [1.165, 1.54) is 9.13 Å². The maximum atomic E-state index is 13.3. The Labute approximate surface area is 488 Å². The Bertz CT molecular complexity index is 2520. The minimum absolute atomic E-state index is 0.0177. The van der Waals surface area contributed by atoms with Gasteiger partial charge in [-0.1, -0.05) is 136 Å². The summed E-state index contributed by atoms with van der Waals surface area (Å²) in [6, 6.07) is 3.20. The van der Waals surface area contributed by atoms with Crippen LogP contribution in [0, 0.1) is 0 Å². The molecule has 0 saturated carbocycles. The highest BCUT2D eigenvalue weighted by Crippen LogP contribution is 2.49. The fraction of sp³-hybridized carbons (Fsp3) is 0.836. The molecule has 0 aliphatic carbocycles. The number of hydrogen-bond acceptors (Lipinski definition) is 13. The number of halogens is 1. The summed E-state index contributed by atoms with van der Waals surface area (Å²) >= 11 is 6.04. The summed E-state index contributed by atoms with van der Waals surface area (Å²) in [5, 5.41) is 0.0495. The average Bonchev–Trinajstić information content (AvgIpc) is 3.71. The van der Waals surface area contributed by atoms with Gasteiger partial charge in [-0.05, 0) is 121 Å². The first kappa shape index (κ1) is 71.6. The number of nitrogens with zero attached hydrogens (tertiary/aromatic N) is 5. The van der Waals surface area contributed by atoms with E-state index in [0.29, 0.717) is 13.2 Å². The van der Waals surface area contributed by atoms with Crippen LogP contribution in [0.5, 0.6) is 0 Å². The highest BCUT2D eigenvalue weighted by atomic mass is 35.5. The van der Waals surface area contributed by atoms with E-state index in [1.807, 2.05) is 0 Å². The number of ether oxygens (including phenoxy) is 2. The van der Waals surface area contributed by atoms with Gasteiger partial charge in [0, 0.05) is 12.4 Å². The second-order valence-corrected chi connectivity index (χ2v) is 60.1. The lowest BCUT2D eigenvalue weighted by Gasteiger charge is -2.44. The number of rotatable bonds is 17. The van der Waals surface area contributed by atoms with Crippen molar-refractivity contribution in [3.63, 3.8) is 0 Å². The number of hydrogen-bond donors (Lipinski definition) is 2. The van der Waals surface area contributed by atoms with Crippen molar-refractivity contribution in [1.82, 2.24) is 19.1 Å². The van der Waals surface area contributed by atoms with Gasteiger partial charge in [-0.15, -0.1) is 0 Å². The van der Waals surface area contributed by atoms with Crippen LogP contribution in [-0.2, 0) is 36.0 Å². The van der Waals surface area contributed by atoms with Gasteiger partial charge < -0.3 is 47.5 Å². The first-order valence-corrected chi connectivity index (χ1v) is 46.1. The second-order valence-electron chi connectivity index (χ2n) is 31.1. The summed E-state index contributed by atoms with van der Waals surface area (Å²) in [6.07, 6.45) is -0.946. The molecule has 2 saturated heterocycles. The molecule has 24 heteroatoms. The Balaban J connectivity index is 0.000000416. The zero-order chi connectivity index (χ0) is 61.7. The van der Waals surface area contributed by atoms with E-state index in [-0.39, 0.29) is 47.2 Å². The van der Waals surface area contributed by atoms with E-state index in [1.54, 1.807) is 24.5 Å². The van der Waals surface area contributed by atoms with Gasteiger partial charge in [0.2, 0.25) is 0 Å². The Hall–Kier alpha value is -1.70. The molecule has 0 radical (unpaired) electrons. The minimum atomic E-state index is -2.34. The number of aliphatic imine (C=N–C) groups is 1. The molecule has 17 nitrogen and oxygen atoms in total. The molecule has 2 unspecified atom stereocenters. The van der Waals surface area contributed by atoms with Crippen molar-refractivity contribution >= 4 is 73.3 Å². The van der Waals surface area contributed by atoms with Gasteiger partial charge in [0.1, 0.15) is 41.8 Å². The van der Waals surface area contributed by atoms with Gasteiger partial charge >= 0.3 is 11.4 Å². The maximum Gasteiger partial charge on any atom is 0.351 e. The summed E-state index contributed by atoms with van der Waals surface area (Å²) in [7, 11) is -13.4. The minimum Gasteiger partial charge on any atom is -0.414 e. The van der Waals surface area contributed by atoms with E-state index in [2.05, 4.69) is 218 Å². The molecule has 4 rings (SSSR count). The summed E-state index contributed by atoms with van der Waals surface area (Å²) in [5.74, 6) is -0.0328. The zero-order valence-electron chi connectivity index (χ0n) is 54.7. The summed E-state index contributed by atoms with van der Waals surface area (Å²) < 4.78 is 58.1. The Kier molecular flexibility index (Phi) is 22.4. The van der Waals surface area contributed by atoms with Crippen molar-refractivity contribution in [3.8, 4) is 0 Å². The molecular formula is C55H110ClN7O10Si6. The predicted octanol–water partition coefficient (Wildman–Crippen LogP) is 13.4. The van der Waals surface area contributed by atoms with Crippen LogP contribution in [-0.4, -0.2) is 125 Å². The third kappa shape index (κ3) is 17.7. The van der Waals surface area contributed by atoms with Crippen LogP contribution in [0.15, 0.2) is 39.1 Å². The standard InChI is InChI=1S/C28H57N5O5Si3.C27H53ClN2O5Si3/c1-26(2,3)39(10,11)35-18-19-21(37-40(12,13)27(4,5)6)22(38-41(14,15)28(7,8)9)23(36-19)33-17-16-20(31-24(29)30)32-25(33)34;1-25(2,3)36(10,11)32-18-19-21(34-37(12,13)26(4,5)6)22(35-38(14,15)27(7,8)9)23(33-19)30-17-16-20(28)29-24(30)31/h16-17,19,21-23H,18H2,1-15H3,(H4,29,30,31,32,34);16-17,19,21-23H,18H2,1-15H3/t2*19-,21?,22+,23-/m11/s1. The highest BCUT2D eigenvalue weighted by molar-refractivity contribution is 6.76. The number of guanidine groups is 1. The molecule has 2 fully saturated rings. The van der Waals surface area contributed by atoms with E-state index in [9.17, 15) is 9.59 Å². The monoisotopic (exact) mass is 1230 g/mol. The lowest BCUT2D eigenvalue weighted by Crippen LogP contribution is -2.54. The van der Waals surface area contributed by atoms with Crippen LogP contribution in [0.3, 0.4) is 0 Å². The molecule has 2 aromatic rings. The first-order chi connectivity index (χ1) is 35.0. The second kappa shape index (κ2) is 24.7. The smallest absolute Gasteiger partial charge is 0.351 e. The third-order valence-electron chi connectivity index (χ3n) is 18.8. The van der Waals surface area contributed by atoms with E-state index in [0.717, 1.165) is 0 Å². The van der Waals surface area contributed by atoms with Crippen LogP contribution in [0.1, 0.15) is 137 Å². The number of nitrogens with two attached hydrogens (primary N) is 2. The fourth-order valence-electron chi connectivity index (χ4n) is 7.13. The summed E-state index contributed by atoms with van der Waals surface area (Å²) in [5.41, 5.74) is 10.0. The molecule has 0 bridgehead atoms. The molecule has 0 aromatic carbocycles. The van der Waals surface area contributed by atoms with Gasteiger partial charge in [0.15, 0.2) is 74.1 Å². The van der Waals surface area contributed by atoms with Crippen LogP contribution in [0.2, 0.25) is 114 Å². The Morgan fingerprint density at radius 3 is 1.04 bits per heavy atom.